The van der Waals surface area contributed by atoms with Gasteiger partial charge in [0.25, 0.3) is 0 Å². The number of aromatic amines is 1. The van der Waals surface area contributed by atoms with E-state index in [1.54, 1.807) is 24.4 Å². The number of hydrazone groups is 1. The number of nitrogens with one attached hydrogen (secondary N) is 2. The van der Waals surface area contributed by atoms with E-state index in [0.29, 0.717) is 10.8 Å². The van der Waals surface area contributed by atoms with Crippen LogP contribution in [0, 0.1) is 0 Å². The Hall–Kier alpha value is -2.86. The lowest BCUT2D eigenvalue weighted by Crippen LogP contribution is -2.19. The van der Waals surface area contributed by atoms with Gasteiger partial charge in [-0.05, 0) is 35.4 Å². The van der Waals surface area contributed by atoms with Crippen molar-refractivity contribution in [2.24, 2.45) is 5.10 Å². The average Bonchev–Trinajstić information content (AvgIpc) is 2.88. The summed E-state index contributed by atoms with van der Waals surface area (Å²) in [5, 5.41) is 12.1. The van der Waals surface area contributed by atoms with Gasteiger partial charge in [-0.3, -0.25) is 9.89 Å². The molecule has 0 fully saturated rings. The molecule has 3 rings (SSSR count). The molecule has 0 bridgehead atoms. The largest absolute Gasteiger partial charge is 0.382 e. The topological polar surface area (TPSA) is 96.2 Å². The number of rotatable bonds is 4. The number of benzene rings is 2. The van der Waals surface area contributed by atoms with Gasteiger partial charge in [0.05, 0.1) is 18.2 Å². The molecule has 0 aliphatic heterocycles. The Balaban J connectivity index is 1.63. The third-order valence-corrected chi connectivity index (χ3v) is 3.51. The Morgan fingerprint density at radius 2 is 2.22 bits per heavy atom. The number of carbonyl (C=O) groups is 1. The van der Waals surface area contributed by atoms with Crippen molar-refractivity contribution in [1.29, 1.82) is 0 Å². The molecule has 0 aliphatic carbocycles. The van der Waals surface area contributed by atoms with E-state index in [2.05, 4.69) is 20.7 Å². The molecule has 0 atom stereocenters. The molecule has 0 spiro atoms. The third-order valence-electron chi connectivity index (χ3n) is 3.27. The minimum absolute atomic E-state index is 0.214. The molecular weight excluding hydrogens is 314 g/mol. The number of nitrogens with two attached hydrogens (primary N) is 1. The summed E-state index contributed by atoms with van der Waals surface area (Å²) in [5.74, 6) is 0.215. The van der Waals surface area contributed by atoms with Crippen molar-refractivity contribution in [3.05, 3.63) is 58.6 Å². The first-order valence-electron chi connectivity index (χ1n) is 6.92. The number of fused-ring (bicyclic) bond motifs is 1. The molecule has 0 aliphatic rings. The number of halogens is 1. The number of amides is 1. The Bertz CT molecular complexity index is 887. The van der Waals surface area contributed by atoms with E-state index in [9.17, 15) is 4.79 Å². The normalized spacial score (nSPS) is 11.2. The summed E-state index contributed by atoms with van der Waals surface area (Å²) >= 11 is 5.88. The molecule has 2 aromatic carbocycles. The molecule has 1 heterocycles. The lowest BCUT2D eigenvalue weighted by molar-refractivity contribution is -0.120. The summed E-state index contributed by atoms with van der Waals surface area (Å²) in [4.78, 5) is 11.8. The number of H-pyrrole nitrogens is 1. The molecule has 4 N–H and O–H groups in total. The molecule has 7 heteroatoms. The van der Waals surface area contributed by atoms with E-state index in [4.69, 9.17) is 17.3 Å². The Kier molecular flexibility index (Phi) is 4.25. The van der Waals surface area contributed by atoms with E-state index >= 15 is 0 Å². The van der Waals surface area contributed by atoms with Crippen LogP contribution in [-0.4, -0.2) is 22.3 Å². The smallest absolute Gasteiger partial charge is 0.244 e. The van der Waals surface area contributed by atoms with Crippen LogP contribution < -0.4 is 11.2 Å². The molecule has 0 unspecified atom stereocenters. The number of nitrogen functional groups attached to an aromatic ring is 1. The number of anilines is 1. The summed E-state index contributed by atoms with van der Waals surface area (Å²) in [5.41, 5.74) is 10.7. The third kappa shape index (κ3) is 3.67. The first-order valence-corrected chi connectivity index (χ1v) is 7.29. The monoisotopic (exact) mass is 327 g/mol. The fraction of sp³-hybridized carbons (Fsp3) is 0.0625. The maximum Gasteiger partial charge on any atom is 0.244 e. The van der Waals surface area contributed by atoms with Crippen LogP contribution in [0.25, 0.3) is 10.9 Å². The molecule has 1 amide bonds. The molecule has 1 aromatic heterocycles. The summed E-state index contributed by atoms with van der Waals surface area (Å²) in [6.07, 6.45) is 1.77. The fourth-order valence-electron chi connectivity index (χ4n) is 2.18. The van der Waals surface area contributed by atoms with Crippen molar-refractivity contribution in [2.75, 3.05) is 5.73 Å². The standard InChI is InChI=1S/C16H14ClN5O/c17-12-3-1-2-10(6-12)8-15(23)21-19-9-11-4-5-14-13(7-11)16(18)22-20-14/h1-7,9H,8H2,(H,21,23)(H3,18,20,22). The second-order valence-electron chi connectivity index (χ2n) is 5.01. The van der Waals surface area contributed by atoms with E-state index in [-0.39, 0.29) is 12.3 Å². The van der Waals surface area contributed by atoms with Gasteiger partial charge in [-0.1, -0.05) is 29.8 Å². The minimum atomic E-state index is -0.215. The summed E-state index contributed by atoms with van der Waals surface area (Å²) < 4.78 is 0. The zero-order valence-electron chi connectivity index (χ0n) is 12.1. The van der Waals surface area contributed by atoms with E-state index in [1.807, 2.05) is 24.3 Å². The van der Waals surface area contributed by atoms with Crippen molar-refractivity contribution in [3.63, 3.8) is 0 Å². The summed E-state index contributed by atoms with van der Waals surface area (Å²) in [7, 11) is 0. The predicted octanol–water partition coefficient (Wildman–Crippen LogP) is 2.49. The van der Waals surface area contributed by atoms with Gasteiger partial charge >= 0.3 is 0 Å². The molecule has 6 nitrogen and oxygen atoms in total. The Morgan fingerprint density at radius 3 is 3.04 bits per heavy atom. The molecule has 116 valence electrons. The SMILES string of the molecule is Nc1n[nH]c2ccc(C=NNC(=O)Cc3cccc(Cl)c3)cc12. The number of aromatic nitrogens is 2. The Morgan fingerprint density at radius 1 is 1.35 bits per heavy atom. The molecule has 0 saturated carbocycles. The van der Waals surface area contributed by atoms with E-state index < -0.39 is 0 Å². The summed E-state index contributed by atoms with van der Waals surface area (Å²) in [6.45, 7) is 0. The van der Waals surface area contributed by atoms with Crippen LogP contribution in [0.4, 0.5) is 5.82 Å². The molecular formula is C16H14ClN5O. The van der Waals surface area contributed by atoms with Gasteiger partial charge in [0.15, 0.2) is 5.82 Å². The van der Waals surface area contributed by atoms with Gasteiger partial charge in [-0.2, -0.15) is 10.2 Å². The van der Waals surface area contributed by atoms with Crippen LogP contribution in [0.1, 0.15) is 11.1 Å². The van der Waals surface area contributed by atoms with E-state index in [1.165, 1.54) is 0 Å². The molecule has 0 radical (unpaired) electrons. The minimum Gasteiger partial charge on any atom is -0.382 e. The van der Waals surface area contributed by atoms with Gasteiger partial charge in [-0.25, -0.2) is 5.43 Å². The predicted molar refractivity (Wildman–Crippen MR) is 91.4 cm³/mol. The molecule has 0 saturated heterocycles. The molecule has 3 aromatic rings. The van der Waals surface area contributed by atoms with Gasteiger partial charge in [0, 0.05) is 10.4 Å². The lowest BCUT2D eigenvalue weighted by atomic mass is 10.1. The highest BCUT2D eigenvalue weighted by Gasteiger charge is 2.03. The van der Waals surface area contributed by atoms with Crippen LogP contribution in [0.5, 0.6) is 0 Å². The van der Waals surface area contributed by atoms with E-state index in [0.717, 1.165) is 22.0 Å². The maximum atomic E-state index is 11.8. The van der Waals surface area contributed by atoms with Gasteiger partial charge in [0.1, 0.15) is 0 Å². The van der Waals surface area contributed by atoms with Crippen LogP contribution in [0.15, 0.2) is 47.6 Å². The second kappa shape index (κ2) is 6.50. The first kappa shape index (κ1) is 15.1. The van der Waals surface area contributed by atoms with Gasteiger partial charge in [0.2, 0.25) is 5.91 Å². The van der Waals surface area contributed by atoms with Gasteiger partial charge < -0.3 is 5.73 Å². The highest BCUT2D eigenvalue weighted by molar-refractivity contribution is 6.30. The number of carbonyl (C=O) groups excluding carboxylic acids is 1. The average molecular weight is 328 g/mol. The quantitative estimate of drug-likeness (QED) is 0.507. The van der Waals surface area contributed by atoms with Crippen molar-refractivity contribution >= 4 is 40.4 Å². The second-order valence-corrected chi connectivity index (χ2v) is 5.45. The van der Waals surface area contributed by atoms with Crippen LogP contribution in [-0.2, 0) is 11.2 Å². The van der Waals surface area contributed by atoms with Crippen molar-refractivity contribution in [3.8, 4) is 0 Å². The highest BCUT2D eigenvalue weighted by Crippen LogP contribution is 2.18. The van der Waals surface area contributed by atoms with Crippen LogP contribution >= 0.6 is 11.6 Å². The first-order chi connectivity index (χ1) is 11.1. The maximum absolute atomic E-state index is 11.8. The van der Waals surface area contributed by atoms with Gasteiger partial charge in [-0.15, -0.1) is 0 Å². The van der Waals surface area contributed by atoms with Crippen molar-refractivity contribution in [2.45, 2.75) is 6.42 Å². The van der Waals surface area contributed by atoms with Crippen molar-refractivity contribution < 1.29 is 4.79 Å². The fourth-order valence-corrected chi connectivity index (χ4v) is 2.40. The number of hydrogen-bond donors (Lipinski definition) is 3. The highest BCUT2D eigenvalue weighted by atomic mass is 35.5. The Labute approximate surface area is 137 Å². The zero-order valence-corrected chi connectivity index (χ0v) is 12.8. The van der Waals surface area contributed by atoms with Crippen molar-refractivity contribution in [1.82, 2.24) is 15.6 Å². The van der Waals surface area contributed by atoms with Crippen LogP contribution in [0.2, 0.25) is 5.02 Å². The molecule has 23 heavy (non-hydrogen) atoms. The zero-order chi connectivity index (χ0) is 16.2. The summed E-state index contributed by atoms with van der Waals surface area (Å²) in [6, 6.07) is 12.7. The number of hydrogen-bond acceptors (Lipinski definition) is 4. The lowest BCUT2D eigenvalue weighted by Gasteiger charge is -2.01. The van der Waals surface area contributed by atoms with Crippen LogP contribution in [0.3, 0.4) is 0 Å². The number of nitrogens with zero attached hydrogens (tertiary/aromatic N) is 2.